The summed E-state index contributed by atoms with van der Waals surface area (Å²) in [5.74, 6) is -0.335. The van der Waals surface area contributed by atoms with Crippen molar-refractivity contribution in [3.8, 4) is 11.1 Å². The van der Waals surface area contributed by atoms with Crippen molar-refractivity contribution in [1.82, 2.24) is 4.90 Å². The van der Waals surface area contributed by atoms with Crippen LogP contribution in [0.25, 0.3) is 11.1 Å². The van der Waals surface area contributed by atoms with Gasteiger partial charge in [-0.3, -0.25) is 4.90 Å². The van der Waals surface area contributed by atoms with Gasteiger partial charge in [0.15, 0.2) is 0 Å². The first-order valence-corrected chi connectivity index (χ1v) is 10.2. The molecule has 0 aromatic heterocycles. The smallest absolute Gasteiger partial charge is 0.411 e. The van der Waals surface area contributed by atoms with E-state index in [9.17, 15) is 9.59 Å². The van der Waals surface area contributed by atoms with Crippen molar-refractivity contribution in [2.45, 2.75) is 51.2 Å². The third kappa shape index (κ3) is 3.86. The molecule has 1 fully saturated rings. The Labute approximate surface area is 171 Å². The molecule has 4 rings (SSSR count). The molecule has 1 unspecified atom stereocenters. The zero-order valence-electron chi connectivity index (χ0n) is 17.2. The van der Waals surface area contributed by atoms with Gasteiger partial charge in [-0.15, -0.1) is 0 Å². The van der Waals surface area contributed by atoms with Crippen LogP contribution in [-0.2, 0) is 14.3 Å². The fourth-order valence-corrected chi connectivity index (χ4v) is 4.25. The zero-order valence-corrected chi connectivity index (χ0v) is 17.2. The lowest BCUT2D eigenvalue weighted by atomic mass is 9.98. The Morgan fingerprint density at radius 1 is 1.00 bits per heavy atom. The van der Waals surface area contributed by atoms with Crippen LogP contribution in [0.4, 0.5) is 4.79 Å². The van der Waals surface area contributed by atoms with Gasteiger partial charge < -0.3 is 9.47 Å². The van der Waals surface area contributed by atoms with Gasteiger partial charge in [0.05, 0.1) is 0 Å². The third-order valence-corrected chi connectivity index (χ3v) is 5.51. The first kappa shape index (κ1) is 19.5. The predicted molar refractivity (Wildman–Crippen MR) is 111 cm³/mol. The van der Waals surface area contributed by atoms with Gasteiger partial charge in [0, 0.05) is 12.5 Å². The van der Waals surface area contributed by atoms with Gasteiger partial charge in [0.25, 0.3) is 0 Å². The highest BCUT2D eigenvalue weighted by Crippen LogP contribution is 2.44. The van der Waals surface area contributed by atoms with E-state index in [0.717, 1.165) is 6.42 Å². The summed E-state index contributed by atoms with van der Waals surface area (Å²) in [5, 5.41) is 0. The number of amides is 1. The van der Waals surface area contributed by atoms with Crippen LogP contribution in [-0.4, -0.2) is 41.8 Å². The topological polar surface area (TPSA) is 55.8 Å². The summed E-state index contributed by atoms with van der Waals surface area (Å²) in [5.41, 5.74) is 4.15. The second-order valence-corrected chi connectivity index (χ2v) is 8.69. The Hall–Kier alpha value is -2.82. The van der Waals surface area contributed by atoms with E-state index in [0.29, 0.717) is 13.0 Å². The SMILES string of the molecule is CC(C)(C)OC(=O)N1CCCC1C(=O)OCC1c2ccccc2-c2ccccc21. The first-order chi connectivity index (χ1) is 13.8. The van der Waals surface area contributed by atoms with Crippen LogP contribution >= 0.6 is 0 Å². The lowest BCUT2D eigenvalue weighted by Crippen LogP contribution is -2.44. The summed E-state index contributed by atoms with van der Waals surface area (Å²) < 4.78 is 11.2. The Morgan fingerprint density at radius 2 is 1.59 bits per heavy atom. The van der Waals surface area contributed by atoms with Gasteiger partial charge in [-0.25, -0.2) is 9.59 Å². The Balaban J connectivity index is 1.47. The highest BCUT2D eigenvalue weighted by atomic mass is 16.6. The Bertz CT molecular complexity index is 885. The van der Waals surface area contributed by atoms with E-state index in [-0.39, 0.29) is 18.5 Å². The van der Waals surface area contributed by atoms with E-state index in [1.807, 2.05) is 45.0 Å². The van der Waals surface area contributed by atoms with Crippen LogP contribution in [0.1, 0.15) is 50.7 Å². The summed E-state index contributed by atoms with van der Waals surface area (Å²) in [7, 11) is 0. The molecular formula is C24H27NO4. The number of esters is 1. The summed E-state index contributed by atoms with van der Waals surface area (Å²) in [4.78, 5) is 26.8. The fraction of sp³-hybridized carbons (Fsp3) is 0.417. The number of fused-ring (bicyclic) bond motifs is 3. The molecule has 0 bridgehead atoms. The number of nitrogens with zero attached hydrogens (tertiary/aromatic N) is 1. The zero-order chi connectivity index (χ0) is 20.6. The number of hydrogen-bond acceptors (Lipinski definition) is 4. The average molecular weight is 393 g/mol. The molecule has 0 N–H and O–H groups in total. The van der Waals surface area contributed by atoms with Gasteiger partial charge in [-0.1, -0.05) is 48.5 Å². The number of hydrogen-bond donors (Lipinski definition) is 0. The molecule has 1 aliphatic carbocycles. The van der Waals surface area contributed by atoms with Gasteiger partial charge in [0.1, 0.15) is 18.2 Å². The third-order valence-electron chi connectivity index (χ3n) is 5.51. The van der Waals surface area contributed by atoms with Crippen molar-refractivity contribution < 1.29 is 19.1 Å². The van der Waals surface area contributed by atoms with Crippen molar-refractivity contribution >= 4 is 12.1 Å². The molecule has 0 spiro atoms. The number of rotatable bonds is 3. The van der Waals surface area contributed by atoms with E-state index in [4.69, 9.17) is 9.47 Å². The number of ether oxygens (including phenoxy) is 2. The molecule has 1 saturated heterocycles. The second-order valence-electron chi connectivity index (χ2n) is 8.69. The molecule has 2 aliphatic rings. The molecule has 1 heterocycles. The molecule has 0 radical (unpaired) electrons. The van der Waals surface area contributed by atoms with E-state index < -0.39 is 17.7 Å². The molecule has 0 saturated carbocycles. The van der Waals surface area contributed by atoms with Crippen LogP contribution in [0.5, 0.6) is 0 Å². The lowest BCUT2D eigenvalue weighted by Gasteiger charge is -2.28. The van der Waals surface area contributed by atoms with Gasteiger partial charge in [-0.2, -0.15) is 0 Å². The minimum atomic E-state index is -0.592. The van der Waals surface area contributed by atoms with E-state index in [1.54, 1.807) is 0 Å². The summed E-state index contributed by atoms with van der Waals surface area (Å²) in [6.07, 6.45) is 0.929. The number of likely N-dealkylation sites (tertiary alicyclic amines) is 1. The molecular weight excluding hydrogens is 366 g/mol. The summed E-state index contributed by atoms with van der Waals surface area (Å²) in [6, 6.07) is 15.9. The van der Waals surface area contributed by atoms with Crippen LogP contribution in [0.15, 0.2) is 48.5 Å². The molecule has 1 atom stereocenters. The maximum absolute atomic E-state index is 12.8. The van der Waals surface area contributed by atoms with Gasteiger partial charge >= 0.3 is 12.1 Å². The predicted octanol–water partition coefficient (Wildman–Crippen LogP) is 4.74. The fourth-order valence-electron chi connectivity index (χ4n) is 4.25. The Kier molecular flexibility index (Phi) is 5.07. The highest BCUT2D eigenvalue weighted by Gasteiger charge is 2.38. The van der Waals surface area contributed by atoms with Crippen LogP contribution in [0, 0.1) is 0 Å². The van der Waals surface area contributed by atoms with E-state index >= 15 is 0 Å². The number of carbonyl (C=O) groups excluding carboxylic acids is 2. The van der Waals surface area contributed by atoms with Gasteiger partial charge in [-0.05, 0) is 55.9 Å². The van der Waals surface area contributed by atoms with Crippen LogP contribution in [0.2, 0.25) is 0 Å². The maximum atomic E-state index is 12.8. The second kappa shape index (κ2) is 7.54. The minimum absolute atomic E-state index is 0.0164. The first-order valence-electron chi connectivity index (χ1n) is 10.2. The molecule has 5 heteroatoms. The van der Waals surface area contributed by atoms with Gasteiger partial charge in [0.2, 0.25) is 0 Å². The summed E-state index contributed by atoms with van der Waals surface area (Å²) >= 11 is 0. The van der Waals surface area contributed by atoms with Crippen molar-refractivity contribution in [2.75, 3.05) is 13.2 Å². The van der Waals surface area contributed by atoms with Crippen LogP contribution in [0.3, 0.4) is 0 Å². The Morgan fingerprint density at radius 3 is 2.17 bits per heavy atom. The normalized spacial score (nSPS) is 18.3. The summed E-state index contributed by atoms with van der Waals surface area (Å²) in [6.45, 7) is 6.26. The molecule has 5 nitrogen and oxygen atoms in total. The number of carbonyl (C=O) groups is 2. The quantitative estimate of drug-likeness (QED) is 0.707. The maximum Gasteiger partial charge on any atom is 0.411 e. The molecule has 1 amide bonds. The standard InChI is InChI=1S/C24H27NO4/c1-24(2,3)29-23(27)25-14-8-13-21(25)22(26)28-15-20-18-11-6-4-9-16(18)17-10-5-7-12-19(17)20/h4-7,9-12,20-21H,8,13-15H2,1-3H3. The van der Waals surface area contributed by atoms with Crippen molar-refractivity contribution in [3.05, 3.63) is 59.7 Å². The molecule has 152 valence electrons. The average Bonchev–Trinajstić information content (AvgIpc) is 3.28. The molecule has 29 heavy (non-hydrogen) atoms. The largest absolute Gasteiger partial charge is 0.463 e. The molecule has 2 aromatic rings. The lowest BCUT2D eigenvalue weighted by molar-refractivity contribution is -0.149. The van der Waals surface area contributed by atoms with Crippen molar-refractivity contribution in [2.24, 2.45) is 0 Å². The van der Waals surface area contributed by atoms with Crippen molar-refractivity contribution in [3.63, 3.8) is 0 Å². The highest BCUT2D eigenvalue weighted by molar-refractivity contribution is 5.83. The van der Waals surface area contributed by atoms with E-state index in [2.05, 4.69) is 24.3 Å². The monoisotopic (exact) mass is 393 g/mol. The number of benzene rings is 2. The van der Waals surface area contributed by atoms with Crippen molar-refractivity contribution in [1.29, 1.82) is 0 Å². The molecule has 2 aromatic carbocycles. The molecule has 1 aliphatic heterocycles. The van der Waals surface area contributed by atoms with Crippen LogP contribution < -0.4 is 0 Å². The minimum Gasteiger partial charge on any atom is -0.463 e. The van der Waals surface area contributed by atoms with E-state index in [1.165, 1.54) is 27.2 Å².